The Morgan fingerprint density at radius 3 is 2.65 bits per heavy atom. The van der Waals surface area contributed by atoms with Crippen LogP contribution in [-0.4, -0.2) is 21.0 Å². The highest BCUT2D eigenvalue weighted by Gasteiger charge is 2.25. The van der Waals surface area contributed by atoms with Crippen LogP contribution < -0.4 is 0 Å². The van der Waals surface area contributed by atoms with Crippen LogP contribution in [0.2, 0.25) is 0 Å². The monoisotopic (exact) mass is 358 g/mol. The molecule has 1 N–H and O–H groups in total. The van der Waals surface area contributed by atoms with E-state index in [0.717, 1.165) is 6.07 Å². The molecule has 0 aliphatic rings. The summed E-state index contributed by atoms with van der Waals surface area (Å²) < 4.78 is 24.8. The van der Waals surface area contributed by atoms with Crippen LogP contribution in [-0.2, 0) is 11.2 Å². The van der Waals surface area contributed by atoms with Gasteiger partial charge in [-0.25, -0.2) is 13.8 Å². The molecule has 1 heterocycles. The first-order valence-electron chi connectivity index (χ1n) is 4.16. The van der Waals surface area contributed by atoms with Gasteiger partial charge < -0.3 is 5.11 Å². The molecule has 1 aromatic rings. The van der Waals surface area contributed by atoms with Gasteiger partial charge in [0.05, 0.1) is 14.9 Å². The lowest BCUT2D eigenvalue weighted by Crippen LogP contribution is -2.09. The molecule has 0 aliphatic carbocycles. The Kier molecular flexibility index (Phi) is 4.26. The second kappa shape index (κ2) is 5.29. The number of halogens is 3. The summed E-state index contributed by atoms with van der Waals surface area (Å²) in [7, 11) is 0. The normalized spacial score (nSPS) is 10.6. The van der Waals surface area contributed by atoms with Crippen molar-refractivity contribution < 1.29 is 23.6 Å². The number of aliphatic carboxylic acids is 1. The van der Waals surface area contributed by atoms with E-state index < -0.39 is 40.8 Å². The molecular weight excluding hydrogens is 353 g/mol. The number of hydrogen-bond acceptors (Lipinski definition) is 4. The van der Waals surface area contributed by atoms with E-state index in [1.54, 1.807) is 0 Å². The first kappa shape index (κ1) is 13.7. The summed E-state index contributed by atoms with van der Waals surface area (Å²) in [5.41, 5.74) is -1.68. The minimum Gasteiger partial charge on any atom is -0.481 e. The van der Waals surface area contributed by atoms with Gasteiger partial charge in [0.2, 0.25) is 0 Å². The summed E-state index contributed by atoms with van der Waals surface area (Å²) >= 11 is 1.50. The van der Waals surface area contributed by atoms with E-state index in [4.69, 9.17) is 5.11 Å². The molecule has 0 amide bonds. The van der Waals surface area contributed by atoms with Crippen molar-refractivity contribution in [3.05, 3.63) is 31.1 Å². The summed E-state index contributed by atoms with van der Waals surface area (Å²) in [4.78, 5) is 23.7. The number of pyridine rings is 1. The lowest BCUT2D eigenvalue weighted by atomic mass is 10.2. The zero-order valence-electron chi connectivity index (χ0n) is 8.06. The fraction of sp³-hybridized carbons (Fsp3) is 0.250. The quantitative estimate of drug-likeness (QED) is 0.506. The van der Waals surface area contributed by atoms with Gasteiger partial charge in [-0.2, -0.15) is 0 Å². The fourth-order valence-electron chi connectivity index (χ4n) is 1.15. The van der Waals surface area contributed by atoms with Gasteiger partial charge >= 0.3 is 11.7 Å². The second-order valence-electron chi connectivity index (χ2n) is 2.95. The second-order valence-corrected chi connectivity index (χ2v) is 4.11. The number of carbonyl (C=O) groups is 1. The Morgan fingerprint density at radius 2 is 2.24 bits per heavy atom. The molecule has 0 atom stereocenters. The zero-order valence-corrected chi connectivity index (χ0v) is 10.2. The predicted octanol–water partition coefficient (Wildman–Crippen LogP) is 2.16. The first-order chi connectivity index (χ1) is 7.82. The number of nitrogens with zero attached hydrogens (tertiary/aromatic N) is 2. The van der Waals surface area contributed by atoms with Crippen LogP contribution in [0.25, 0.3) is 0 Å². The fourth-order valence-corrected chi connectivity index (χ4v) is 1.98. The minimum absolute atomic E-state index is 0.0610. The van der Waals surface area contributed by atoms with Gasteiger partial charge in [0.1, 0.15) is 11.4 Å². The summed E-state index contributed by atoms with van der Waals surface area (Å²) in [5, 5.41) is 19.2. The van der Waals surface area contributed by atoms with Crippen molar-refractivity contribution in [1.29, 1.82) is 0 Å². The van der Waals surface area contributed by atoms with E-state index in [1.807, 2.05) is 0 Å². The van der Waals surface area contributed by atoms with Crippen molar-refractivity contribution in [3.63, 3.8) is 0 Å². The molecule has 0 unspecified atom stereocenters. The molecule has 1 rings (SSSR count). The molecule has 0 spiro atoms. The van der Waals surface area contributed by atoms with Gasteiger partial charge in [0, 0.05) is 0 Å². The largest absolute Gasteiger partial charge is 0.481 e. The van der Waals surface area contributed by atoms with Crippen molar-refractivity contribution in [2.75, 3.05) is 0 Å². The van der Waals surface area contributed by atoms with Crippen LogP contribution in [0.1, 0.15) is 17.8 Å². The number of alkyl halides is 2. The van der Waals surface area contributed by atoms with Crippen LogP contribution >= 0.6 is 22.6 Å². The third-order valence-corrected chi connectivity index (χ3v) is 2.59. The maximum absolute atomic E-state index is 12.4. The molecule has 0 saturated carbocycles. The van der Waals surface area contributed by atoms with E-state index in [0.29, 0.717) is 0 Å². The van der Waals surface area contributed by atoms with E-state index in [2.05, 4.69) is 4.98 Å². The van der Waals surface area contributed by atoms with E-state index in [1.165, 1.54) is 22.6 Å². The van der Waals surface area contributed by atoms with Gasteiger partial charge in [-0.05, 0) is 28.7 Å². The van der Waals surface area contributed by atoms with Crippen LogP contribution in [0.4, 0.5) is 14.5 Å². The molecule has 0 radical (unpaired) electrons. The highest BCUT2D eigenvalue weighted by atomic mass is 127. The number of aromatic nitrogens is 1. The van der Waals surface area contributed by atoms with Crippen molar-refractivity contribution in [2.45, 2.75) is 12.8 Å². The SMILES string of the molecule is O=C(O)Cc1nc(C(F)F)cc(I)c1[N+](=O)[O-]. The predicted molar refractivity (Wildman–Crippen MR) is 59.9 cm³/mol. The average Bonchev–Trinajstić information content (AvgIpc) is 2.14. The molecule has 0 aliphatic heterocycles. The standard InChI is InChI=1S/C8H5F2IN2O4/c9-8(10)5-1-3(11)7(13(16)17)4(12-5)2-6(14)15/h1,8H,2H2,(H,14,15). The Hall–Kier alpha value is -1.39. The summed E-state index contributed by atoms with van der Waals surface area (Å²) in [6.07, 6.45) is -3.68. The Bertz CT molecular complexity index is 481. The highest BCUT2D eigenvalue weighted by molar-refractivity contribution is 14.1. The summed E-state index contributed by atoms with van der Waals surface area (Å²) in [6, 6.07) is 0.870. The van der Waals surface area contributed by atoms with Gasteiger partial charge in [-0.1, -0.05) is 0 Å². The van der Waals surface area contributed by atoms with Crippen LogP contribution in [0, 0.1) is 13.7 Å². The summed E-state index contributed by atoms with van der Waals surface area (Å²) in [5.74, 6) is -1.37. The molecule has 92 valence electrons. The molecule has 17 heavy (non-hydrogen) atoms. The van der Waals surface area contributed by atoms with E-state index in [-0.39, 0.29) is 3.57 Å². The molecule has 9 heteroatoms. The number of rotatable bonds is 4. The highest BCUT2D eigenvalue weighted by Crippen LogP contribution is 2.28. The van der Waals surface area contributed by atoms with Gasteiger partial charge in [0.25, 0.3) is 6.43 Å². The molecular formula is C8H5F2IN2O4. The average molecular weight is 358 g/mol. The smallest absolute Gasteiger partial charge is 0.309 e. The summed E-state index contributed by atoms with van der Waals surface area (Å²) in [6.45, 7) is 0. The lowest BCUT2D eigenvalue weighted by Gasteiger charge is -2.05. The topological polar surface area (TPSA) is 93.3 Å². The van der Waals surface area contributed by atoms with Crippen LogP contribution in [0.15, 0.2) is 6.07 Å². The number of hydrogen-bond donors (Lipinski definition) is 1. The van der Waals surface area contributed by atoms with Crippen molar-refractivity contribution >= 4 is 34.2 Å². The first-order valence-corrected chi connectivity index (χ1v) is 5.24. The van der Waals surface area contributed by atoms with Gasteiger partial charge in [-0.3, -0.25) is 14.9 Å². The third-order valence-electron chi connectivity index (χ3n) is 1.76. The molecule has 1 aromatic heterocycles. The molecule has 0 fully saturated rings. The minimum atomic E-state index is -2.91. The Morgan fingerprint density at radius 1 is 1.65 bits per heavy atom. The van der Waals surface area contributed by atoms with Crippen molar-refractivity contribution in [1.82, 2.24) is 4.98 Å². The van der Waals surface area contributed by atoms with Gasteiger partial charge in [-0.15, -0.1) is 0 Å². The molecule has 6 nitrogen and oxygen atoms in total. The Balaban J connectivity index is 3.38. The van der Waals surface area contributed by atoms with Crippen LogP contribution in [0.3, 0.4) is 0 Å². The van der Waals surface area contributed by atoms with Gasteiger partial charge in [0.15, 0.2) is 0 Å². The van der Waals surface area contributed by atoms with E-state index >= 15 is 0 Å². The third kappa shape index (κ3) is 3.28. The van der Waals surface area contributed by atoms with E-state index in [9.17, 15) is 23.7 Å². The Labute approximate surface area is 107 Å². The maximum Gasteiger partial charge on any atom is 0.309 e. The molecule has 0 bridgehead atoms. The maximum atomic E-state index is 12.4. The number of carboxylic acid groups (broad SMARTS) is 1. The number of nitro groups is 1. The molecule has 0 saturated heterocycles. The van der Waals surface area contributed by atoms with Crippen molar-refractivity contribution in [2.24, 2.45) is 0 Å². The van der Waals surface area contributed by atoms with Crippen LogP contribution in [0.5, 0.6) is 0 Å². The van der Waals surface area contributed by atoms with Crippen molar-refractivity contribution in [3.8, 4) is 0 Å². The molecule has 0 aromatic carbocycles. The lowest BCUT2D eigenvalue weighted by molar-refractivity contribution is -0.386. The zero-order chi connectivity index (χ0) is 13.2. The number of carboxylic acids is 1.